The molecule has 9 nitrogen and oxygen atoms in total. The lowest BCUT2D eigenvalue weighted by Gasteiger charge is -2.36. The van der Waals surface area contributed by atoms with Gasteiger partial charge in [-0.3, -0.25) is 4.31 Å². The molecule has 0 saturated carbocycles. The first-order chi connectivity index (χ1) is 17.3. The molecule has 2 heterocycles. The number of methoxy groups -OCH3 is 1. The number of hydrogen-bond acceptors (Lipinski definition) is 7. The maximum absolute atomic E-state index is 13.8. The third-order valence-electron chi connectivity index (χ3n) is 6.03. The predicted molar refractivity (Wildman–Crippen MR) is 134 cm³/mol. The quantitative estimate of drug-likeness (QED) is 0.403. The van der Waals surface area contributed by atoms with E-state index in [1.54, 1.807) is 31.4 Å². The summed E-state index contributed by atoms with van der Waals surface area (Å²) in [4.78, 5) is 11.5. The highest BCUT2D eigenvalue weighted by Crippen LogP contribution is 2.41. The summed E-state index contributed by atoms with van der Waals surface area (Å²) in [5, 5.41) is 6.06. The van der Waals surface area contributed by atoms with Crippen molar-refractivity contribution in [3.8, 4) is 22.6 Å². The van der Waals surface area contributed by atoms with Crippen molar-refractivity contribution >= 4 is 15.7 Å². The van der Waals surface area contributed by atoms with E-state index in [0.717, 1.165) is 16.7 Å². The highest BCUT2D eigenvalue weighted by molar-refractivity contribution is 7.92. The molecule has 36 heavy (non-hydrogen) atoms. The lowest BCUT2D eigenvalue weighted by atomic mass is 10.0. The van der Waals surface area contributed by atoms with E-state index in [9.17, 15) is 13.2 Å². The maximum Gasteiger partial charge on any atom is 0.434 e. The molecule has 1 aliphatic heterocycles. The van der Waals surface area contributed by atoms with Crippen LogP contribution in [0.3, 0.4) is 0 Å². The van der Waals surface area contributed by atoms with Crippen LogP contribution in [0.15, 0.2) is 80.8 Å². The van der Waals surface area contributed by atoms with Crippen molar-refractivity contribution in [3.63, 3.8) is 0 Å². The second kappa shape index (κ2) is 9.54. The Hall–Kier alpha value is -4.05. The second-order valence-corrected chi connectivity index (χ2v) is 10.4. The number of nitrogens with zero attached hydrogens (tertiary/aromatic N) is 2. The number of aryl methyl sites for hydroxylation is 2. The highest BCUT2D eigenvalue weighted by atomic mass is 32.2. The van der Waals surface area contributed by atoms with Gasteiger partial charge in [0.1, 0.15) is 17.6 Å². The van der Waals surface area contributed by atoms with Crippen molar-refractivity contribution in [2.24, 2.45) is 0 Å². The first kappa shape index (κ1) is 23.7. The van der Waals surface area contributed by atoms with Gasteiger partial charge in [-0.2, -0.15) is 0 Å². The first-order valence-corrected chi connectivity index (χ1v) is 12.9. The predicted octanol–water partition coefficient (Wildman–Crippen LogP) is 3.94. The Kier molecular flexibility index (Phi) is 6.27. The fraction of sp³-hybridized carbons (Fsp3) is 0.231. The van der Waals surface area contributed by atoms with Gasteiger partial charge in [-0.05, 0) is 66.4 Å². The SMILES string of the molecule is COc1cccc(-c2ccc3c(c2)N(S(=O)(=O)c2cccc(C)c2)C[C@H](CCc2n[nH]c(=O)o2)O3)c1. The molecular weight excluding hydrogens is 482 g/mol. The summed E-state index contributed by atoms with van der Waals surface area (Å²) in [6, 6.07) is 19.9. The molecule has 1 N–H and O–H groups in total. The van der Waals surface area contributed by atoms with Crippen LogP contribution in [0.4, 0.5) is 5.69 Å². The lowest BCUT2D eigenvalue weighted by Crippen LogP contribution is -2.43. The molecule has 3 aromatic carbocycles. The monoisotopic (exact) mass is 507 g/mol. The minimum Gasteiger partial charge on any atom is -0.497 e. The van der Waals surface area contributed by atoms with Gasteiger partial charge in [-0.25, -0.2) is 18.3 Å². The molecule has 5 rings (SSSR count). The number of hydrogen-bond donors (Lipinski definition) is 1. The van der Waals surface area contributed by atoms with Gasteiger partial charge in [-0.15, -0.1) is 5.10 Å². The number of aromatic nitrogens is 2. The van der Waals surface area contributed by atoms with Gasteiger partial charge in [0.05, 0.1) is 24.2 Å². The van der Waals surface area contributed by atoms with E-state index in [2.05, 4.69) is 10.2 Å². The zero-order chi connectivity index (χ0) is 25.3. The second-order valence-electron chi connectivity index (χ2n) is 8.55. The van der Waals surface area contributed by atoms with Crippen LogP contribution in [-0.4, -0.2) is 38.4 Å². The van der Waals surface area contributed by atoms with Gasteiger partial charge in [-0.1, -0.05) is 30.3 Å². The third kappa shape index (κ3) is 4.72. The Balaban J connectivity index is 1.54. The molecular formula is C26H25N3O6S. The number of ether oxygens (including phenoxy) is 2. The first-order valence-electron chi connectivity index (χ1n) is 11.4. The number of fused-ring (bicyclic) bond motifs is 1. The van der Waals surface area contributed by atoms with Crippen LogP contribution in [0.1, 0.15) is 17.9 Å². The topological polar surface area (TPSA) is 115 Å². The number of aromatic amines is 1. The molecule has 0 fully saturated rings. The van der Waals surface area contributed by atoms with Crippen LogP contribution < -0.4 is 19.5 Å². The number of nitrogens with one attached hydrogen (secondary N) is 1. The van der Waals surface area contributed by atoms with Gasteiger partial charge in [0.2, 0.25) is 5.89 Å². The zero-order valence-corrected chi connectivity index (χ0v) is 20.6. The van der Waals surface area contributed by atoms with Crippen LogP contribution in [0.2, 0.25) is 0 Å². The molecule has 0 radical (unpaired) electrons. The van der Waals surface area contributed by atoms with Gasteiger partial charge >= 0.3 is 5.76 Å². The van der Waals surface area contributed by atoms with Crippen molar-refractivity contribution in [2.45, 2.75) is 30.8 Å². The van der Waals surface area contributed by atoms with Crippen LogP contribution >= 0.6 is 0 Å². The van der Waals surface area contributed by atoms with Gasteiger partial charge in [0, 0.05) is 6.42 Å². The Morgan fingerprint density at radius 3 is 2.64 bits per heavy atom. The van der Waals surface area contributed by atoms with Crippen molar-refractivity contribution in [1.29, 1.82) is 0 Å². The van der Waals surface area contributed by atoms with E-state index in [1.165, 1.54) is 4.31 Å². The summed E-state index contributed by atoms with van der Waals surface area (Å²) in [5.74, 6) is 0.776. The number of sulfonamides is 1. The van der Waals surface area contributed by atoms with Crippen LogP contribution in [0, 0.1) is 6.92 Å². The molecule has 0 unspecified atom stereocenters. The van der Waals surface area contributed by atoms with Gasteiger partial charge < -0.3 is 13.9 Å². The van der Waals surface area contributed by atoms with Gasteiger partial charge in [0.25, 0.3) is 10.0 Å². The van der Waals surface area contributed by atoms with Crippen molar-refractivity contribution in [2.75, 3.05) is 18.0 Å². The molecule has 0 aliphatic carbocycles. The van der Waals surface area contributed by atoms with Crippen molar-refractivity contribution in [3.05, 3.63) is 88.7 Å². The van der Waals surface area contributed by atoms with E-state index in [0.29, 0.717) is 30.0 Å². The van der Waals surface area contributed by atoms with Gasteiger partial charge in [0.15, 0.2) is 0 Å². The van der Waals surface area contributed by atoms with Crippen LogP contribution in [0.25, 0.3) is 11.1 Å². The van der Waals surface area contributed by atoms with E-state index < -0.39 is 21.9 Å². The Bertz CT molecular complexity index is 1560. The molecule has 0 amide bonds. The summed E-state index contributed by atoms with van der Waals surface area (Å²) in [5.41, 5.74) is 3.03. The van der Waals surface area contributed by atoms with E-state index in [-0.39, 0.29) is 17.3 Å². The fourth-order valence-electron chi connectivity index (χ4n) is 4.23. The summed E-state index contributed by atoms with van der Waals surface area (Å²) in [6.07, 6.45) is 0.255. The number of H-pyrrole nitrogens is 1. The van der Waals surface area contributed by atoms with Crippen molar-refractivity contribution in [1.82, 2.24) is 10.2 Å². The Morgan fingerprint density at radius 1 is 1.08 bits per heavy atom. The molecule has 10 heteroatoms. The molecule has 186 valence electrons. The molecule has 4 aromatic rings. The van der Waals surface area contributed by atoms with E-state index in [1.807, 2.05) is 49.4 Å². The zero-order valence-electron chi connectivity index (χ0n) is 19.8. The minimum atomic E-state index is -3.89. The summed E-state index contributed by atoms with van der Waals surface area (Å²) >= 11 is 0. The molecule has 1 aliphatic rings. The summed E-state index contributed by atoms with van der Waals surface area (Å²) in [6.45, 7) is 1.95. The number of rotatable bonds is 7. The third-order valence-corrected chi connectivity index (χ3v) is 7.81. The molecule has 1 atom stereocenters. The summed E-state index contributed by atoms with van der Waals surface area (Å²) < 4.78 is 45.6. The lowest BCUT2D eigenvalue weighted by molar-refractivity contribution is 0.187. The largest absolute Gasteiger partial charge is 0.497 e. The Labute approximate surface area is 208 Å². The standard InChI is InChI=1S/C26H25N3O6S/c1-17-5-3-8-22(13-17)36(31,32)29-16-21(10-12-25-27-28-26(30)35-25)34-24-11-9-19(15-23(24)29)18-6-4-7-20(14-18)33-2/h3-9,11,13-15,21H,10,12,16H2,1-2H3,(H,28,30)/t21-/m0/s1. The molecule has 0 bridgehead atoms. The Morgan fingerprint density at radius 2 is 1.89 bits per heavy atom. The van der Waals surface area contributed by atoms with E-state index >= 15 is 0 Å². The fourth-order valence-corrected chi connectivity index (χ4v) is 5.83. The highest BCUT2D eigenvalue weighted by Gasteiger charge is 2.35. The minimum absolute atomic E-state index is 0.0967. The normalized spacial score (nSPS) is 15.3. The van der Waals surface area contributed by atoms with E-state index in [4.69, 9.17) is 13.9 Å². The number of benzene rings is 3. The molecule has 0 saturated heterocycles. The average Bonchev–Trinajstić information content (AvgIpc) is 3.31. The maximum atomic E-state index is 13.8. The van der Waals surface area contributed by atoms with Crippen molar-refractivity contribution < 1.29 is 22.3 Å². The smallest absolute Gasteiger partial charge is 0.434 e. The van der Waals surface area contributed by atoms with Crippen LogP contribution in [0.5, 0.6) is 11.5 Å². The summed E-state index contributed by atoms with van der Waals surface area (Å²) in [7, 11) is -2.29. The molecule has 1 aromatic heterocycles. The average molecular weight is 508 g/mol. The number of anilines is 1. The van der Waals surface area contributed by atoms with Crippen LogP contribution in [-0.2, 0) is 16.4 Å². The molecule has 0 spiro atoms.